The second kappa shape index (κ2) is 4.61. The quantitative estimate of drug-likeness (QED) is 0.321. The van der Waals surface area contributed by atoms with Gasteiger partial charge in [-0.25, -0.2) is 0 Å². The summed E-state index contributed by atoms with van der Waals surface area (Å²) in [7, 11) is 0. The van der Waals surface area contributed by atoms with E-state index in [1.165, 1.54) is 6.08 Å². The summed E-state index contributed by atoms with van der Waals surface area (Å²) in [6.45, 7) is 0. The van der Waals surface area contributed by atoms with Gasteiger partial charge < -0.3 is 0 Å². The van der Waals surface area contributed by atoms with Crippen LogP contribution < -0.4 is 0 Å². The molecule has 4 nitrogen and oxygen atoms in total. The molecule has 0 bridgehead atoms. The number of hydrogen-bond acceptors (Lipinski definition) is 3. The number of allylic oxidation sites excluding steroid dienone is 1. The molecule has 2 aliphatic rings. The van der Waals surface area contributed by atoms with E-state index < -0.39 is 5.91 Å². The molecule has 0 radical (unpaired) electrons. The van der Waals surface area contributed by atoms with Crippen molar-refractivity contribution in [1.29, 1.82) is 0 Å². The Kier molecular flexibility index (Phi) is 3.20. The summed E-state index contributed by atoms with van der Waals surface area (Å²) >= 11 is 3.50. The summed E-state index contributed by atoms with van der Waals surface area (Å²) in [5.74, 6) is -0.553. The number of rotatable bonds is 2. The lowest BCUT2D eigenvalue weighted by Crippen LogP contribution is -2.09. The lowest BCUT2D eigenvalue weighted by molar-refractivity contribution is -0.113. The van der Waals surface area contributed by atoms with Gasteiger partial charge in [0.05, 0.1) is 5.25 Å². The summed E-state index contributed by atoms with van der Waals surface area (Å²) < 4.78 is 0. The molecule has 6 heteroatoms. The highest BCUT2D eigenvalue weighted by Crippen LogP contribution is 2.44. The number of hydrogen-bond donors (Lipinski definition) is 0. The Morgan fingerprint density at radius 2 is 2.47 bits per heavy atom. The van der Waals surface area contributed by atoms with E-state index >= 15 is 0 Å². The molecule has 0 saturated heterocycles. The van der Waals surface area contributed by atoms with E-state index in [1.54, 1.807) is 29.6 Å². The van der Waals surface area contributed by atoms with Crippen molar-refractivity contribution in [2.75, 3.05) is 0 Å². The van der Waals surface area contributed by atoms with E-state index in [-0.39, 0.29) is 0 Å². The van der Waals surface area contributed by atoms with Crippen LogP contribution >= 0.6 is 23.5 Å². The van der Waals surface area contributed by atoms with E-state index in [0.717, 1.165) is 5.57 Å². The van der Waals surface area contributed by atoms with Crippen molar-refractivity contribution in [3.63, 3.8) is 0 Å². The predicted octanol–water partition coefficient (Wildman–Crippen LogP) is 3.01. The van der Waals surface area contributed by atoms with Crippen molar-refractivity contribution in [2.24, 2.45) is 5.11 Å². The summed E-state index contributed by atoms with van der Waals surface area (Å²) in [6, 6.07) is 0. The molecule has 76 valence electrons. The summed E-state index contributed by atoms with van der Waals surface area (Å²) in [6.07, 6.45) is 5.20. The second-order valence-corrected chi connectivity index (χ2v) is 5.07. The number of amides is 1. The van der Waals surface area contributed by atoms with Crippen LogP contribution in [0, 0.1) is 0 Å². The molecule has 0 spiro atoms. The fourth-order valence-electron chi connectivity index (χ4n) is 1.37. The third-order valence-corrected chi connectivity index (χ3v) is 4.54. The van der Waals surface area contributed by atoms with Crippen LogP contribution in [0.1, 0.15) is 0 Å². The molecule has 2 unspecified atom stereocenters. The molecule has 0 aromatic rings. The Labute approximate surface area is 95.1 Å². The van der Waals surface area contributed by atoms with Crippen molar-refractivity contribution in [2.45, 2.75) is 10.5 Å². The Balaban J connectivity index is 2.01. The SMILES string of the molecule is [N-]=[N+]=NC(=O)/C=C/C1=CSC2C=CSC12. The lowest BCUT2D eigenvalue weighted by Gasteiger charge is -2.08. The van der Waals surface area contributed by atoms with Crippen molar-refractivity contribution < 1.29 is 4.79 Å². The van der Waals surface area contributed by atoms with E-state index in [0.29, 0.717) is 10.5 Å². The normalized spacial score (nSPS) is 27.6. The Hall–Kier alpha value is -1.10. The third kappa shape index (κ3) is 2.28. The van der Waals surface area contributed by atoms with Crippen molar-refractivity contribution in [3.05, 3.63) is 45.1 Å². The van der Waals surface area contributed by atoms with E-state index in [2.05, 4.69) is 21.5 Å². The number of carbonyl (C=O) groups is 1. The van der Waals surface area contributed by atoms with Gasteiger partial charge >= 0.3 is 0 Å². The van der Waals surface area contributed by atoms with Gasteiger partial charge in [0, 0.05) is 10.2 Å². The Morgan fingerprint density at radius 1 is 1.60 bits per heavy atom. The minimum absolute atomic E-state index is 0.408. The standard InChI is InChI=1S/C9H7N3OS2/c10-12-11-8(13)2-1-6-5-15-7-3-4-14-9(6)7/h1-5,7,9H/b2-1+. The van der Waals surface area contributed by atoms with Crippen LogP contribution in [-0.2, 0) is 4.79 Å². The number of azide groups is 1. The molecule has 2 heterocycles. The van der Waals surface area contributed by atoms with Gasteiger partial charge in [-0.2, -0.15) is 0 Å². The van der Waals surface area contributed by atoms with E-state index in [4.69, 9.17) is 5.53 Å². The van der Waals surface area contributed by atoms with Crippen LogP contribution in [0.2, 0.25) is 0 Å². The van der Waals surface area contributed by atoms with Gasteiger partial charge in [0.15, 0.2) is 0 Å². The molecule has 0 aliphatic carbocycles. The zero-order valence-electron chi connectivity index (χ0n) is 7.61. The monoisotopic (exact) mass is 237 g/mol. The molecule has 0 aromatic heterocycles. The van der Waals surface area contributed by atoms with E-state index in [9.17, 15) is 4.79 Å². The van der Waals surface area contributed by atoms with Crippen molar-refractivity contribution >= 4 is 29.4 Å². The number of thioether (sulfide) groups is 2. The smallest absolute Gasteiger partial charge is 0.241 e. The molecular weight excluding hydrogens is 230 g/mol. The molecule has 0 N–H and O–H groups in total. The fraction of sp³-hybridized carbons (Fsp3) is 0.222. The molecule has 0 aromatic carbocycles. The highest BCUT2D eigenvalue weighted by Gasteiger charge is 2.30. The van der Waals surface area contributed by atoms with Gasteiger partial charge in [-0.3, -0.25) is 4.79 Å². The Morgan fingerprint density at radius 3 is 3.27 bits per heavy atom. The van der Waals surface area contributed by atoms with Gasteiger partial charge in [0.25, 0.3) is 0 Å². The topological polar surface area (TPSA) is 65.8 Å². The Bertz CT molecular complexity index is 421. The number of carbonyl (C=O) groups excluding carboxylic acids is 1. The largest absolute Gasteiger partial charge is 0.288 e. The fourth-order valence-corrected chi connectivity index (χ4v) is 3.93. The summed E-state index contributed by atoms with van der Waals surface area (Å²) in [4.78, 5) is 13.4. The molecule has 15 heavy (non-hydrogen) atoms. The highest BCUT2D eigenvalue weighted by molar-refractivity contribution is 8.08. The molecular formula is C9H7N3OS2. The average molecular weight is 237 g/mol. The zero-order chi connectivity index (χ0) is 10.7. The zero-order valence-corrected chi connectivity index (χ0v) is 9.24. The molecule has 2 atom stereocenters. The summed E-state index contributed by atoms with van der Waals surface area (Å²) in [5.41, 5.74) is 9.16. The highest BCUT2D eigenvalue weighted by atomic mass is 32.2. The maximum absolute atomic E-state index is 10.9. The molecule has 0 fully saturated rings. The third-order valence-electron chi connectivity index (χ3n) is 2.04. The van der Waals surface area contributed by atoms with E-state index in [1.807, 2.05) is 5.41 Å². The van der Waals surface area contributed by atoms with Crippen molar-refractivity contribution in [1.82, 2.24) is 0 Å². The lowest BCUT2D eigenvalue weighted by atomic mass is 10.1. The van der Waals surface area contributed by atoms with Crippen LogP contribution in [0.4, 0.5) is 0 Å². The van der Waals surface area contributed by atoms with Crippen LogP contribution in [0.25, 0.3) is 10.4 Å². The van der Waals surface area contributed by atoms with Crippen LogP contribution in [0.3, 0.4) is 0 Å². The van der Waals surface area contributed by atoms with Gasteiger partial charge in [0.2, 0.25) is 5.91 Å². The van der Waals surface area contributed by atoms with Crippen molar-refractivity contribution in [3.8, 4) is 0 Å². The van der Waals surface area contributed by atoms with Crippen LogP contribution in [-0.4, -0.2) is 16.4 Å². The predicted molar refractivity (Wildman–Crippen MR) is 63.3 cm³/mol. The second-order valence-electron chi connectivity index (χ2n) is 2.96. The average Bonchev–Trinajstić information content (AvgIpc) is 2.77. The van der Waals surface area contributed by atoms with Gasteiger partial charge in [-0.1, -0.05) is 12.2 Å². The maximum Gasteiger partial charge on any atom is 0.241 e. The molecule has 0 saturated carbocycles. The van der Waals surface area contributed by atoms with Gasteiger partial charge in [-0.15, -0.1) is 23.5 Å². The van der Waals surface area contributed by atoms with Gasteiger partial charge in [0.1, 0.15) is 0 Å². The first-order chi connectivity index (χ1) is 7.31. The maximum atomic E-state index is 10.9. The minimum atomic E-state index is -0.553. The number of fused-ring (bicyclic) bond motifs is 1. The minimum Gasteiger partial charge on any atom is -0.288 e. The number of nitrogens with zero attached hydrogens (tertiary/aromatic N) is 3. The van der Waals surface area contributed by atoms with Crippen LogP contribution in [0.5, 0.6) is 0 Å². The molecule has 2 aliphatic heterocycles. The molecule has 1 amide bonds. The first-order valence-electron chi connectivity index (χ1n) is 4.26. The van der Waals surface area contributed by atoms with Gasteiger partial charge in [-0.05, 0) is 33.1 Å². The van der Waals surface area contributed by atoms with Crippen LogP contribution in [0.15, 0.2) is 39.7 Å². The summed E-state index contributed by atoms with van der Waals surface area (Å²) in [5, 5.41) is 8.00. The molecule has 2 rings (SSSR count). The first kappa shape index (κ1) is 10.4. The first-order valence-corrected chi connectivity index (χ1v) is 6.14.